The van der Waals surface area contributed by atoms with E-state index in [2.05, 4.69) is 38.3 Å². The van der Waals surface area contributed by atoms with Gasteiger partial charge in [0, 0.05) is 6.04 Å². The molecule has 0 amide bonds. The van der Waals surface area contributed by atoms with Crippen LogP contribution in [0.2, 0.25) is 0 Å². The molecule has 0 radical (unpaired) electrons. The minimum Gasteiger partial charge on any atom is -0.319 e. The third-order valence-electron chi connectivity index (χ3n) is 2.75. The summed E-state index contributed by atoms with van der Waals surface area (Å²) in [6.45, 7) is 11.3. The Labute approximate surface area is 83.5 Å². The summed E-state index contributed by atoms with van der Waals surface area (Å²) in [5, 5.41) is 6.81. The molecule has 2 unspecified atom stereocenters. The van der Waals surface area contributed by atoms with Crippen LogP contribution in [0.5, 0.6) is 0 Å². The van der Waals surface area contributed by atoms with E-state index >= 15 is 0 Å². The topological polar surface area (TPSA) is 24.1 Å². The maximum Gasteiger partial charge on any atom is 0.00362 e. The Bertz CT molecular complexity index is 113. The van der Waals surface area contributed by atoms with E-state index in [9.17, 15) is 0 Å². The van der Waals surface area contributed by atoms with Crippen molar-refractivity contribution < 1.29 is 0 Å². The van der Waals surface area contributed by atoms with Gasteiger partial charge in [-0.05, 0) is 45.3 Å². The van der Waals surface area contributed by atoms with Crippen LogP contribution < -0.4 is 10.6 Å². The highest BCUT2D eigenvalue weighted by Gasteiger charge is 2.12. The Morgan fingerprint density at radius 2 is 1.69 bits per heavy atom. The van der Waals surface area contributed by atoms with E-state index in [-0.39, 0.29) is 0 Å². The summed E-state index contributed by atoms with van der Waals surface area (Å²) in [5.41, 5.74) is 0. The third kappa shape index (κ3) is 6.05. The van der Waals surface area contributed by atoms with E-state index in [1.165, 1.54) is 6.42 Å². The van der Waals surface area contributed by atoms with Gasteiger partial charge in [0.15, 0.2) is 0 Å². The molecule has 0 heterocycles. The molecule has 2 atom stereocenters. The van der Waals surface area contributed by atoms with E-state index in [4.69, 9.17) is 0 Å². The van der Waals surface area contributed by atoms with Crippen molar-refractivity contribution in [1.82, 2.24) is 10.6 Å². The van der Waals surface area contributed by atoms with Crippen LogP contribution in [-0.2, 0) is 0 Å². The standard InChI is InChI=1S/C11H26N2/c1-6-10(4)13-8-11(7-12-5)9(2)3/h9-13H,6-8H2,1-5H3. The largest absolute Gasteiger partial charge is 0.319 e. The first-order chi connectivity index (χ1) is 6.11. The summed E-state index contributed by atoms with van der Waals surface area (Å²) in [6, 6.07) is 0.651. The number of nitrogens with one attached hydrogen (secondary N) is 2. The average molecular weight is 186 g/mol. The quantitative estimate of drug-likeness (QED) is 0.634. The molecule has 0 saturated carbocycles. The zero-order chi connectivity index (χ0) is 10.3. The molecule has 0 aromatic rings. The van der Waals surface area contributed by atoms with Gasteiger partial charge in [-0.15, -0.1) is 0 Å². The highest BCUT2D eigenvalue weighted by Crippen LogP contribution is 2.08. The SMILES string of the molecule is CCC(C)NCC(CNC)C(C)C. The van der Waals surface area contributed by atoms with Crippen molar-refractivity contribution in [1.29, 1.82) is 0 Å². The Morgan fingerprint density at radius 1 is 1.08 bits per heavy atom. The molecule has 80 valence electrons. The first-order valence-electron chi connectivity index (χ1n) is 5.49. The zero-order valence-electron chi connectivity index (χ0n) is 9.85. The minimum absolute atomic E-state index is 0.651. The van der Waals surface area contributed by atoms with Crippen molar-refractivity contribution >= 4 is 0 Å². The van der Waals surface area contributed by atoms with Gasteiger partial charge in [0.25, 0.3) is 0 Å². The molecule has 2 heteroatoms. The fourth-order valence-corrected chi connectivity index (χ4v) is 1.30. The molecule has 0 aromatic carbocycles. The molecule has 0 saturated heterocycles. The molecule has 0 bridgehead atoms. The second-order valence-corrected chi connectivity index (χ2v) is 4.28. The Balaban J connectivity index is 3.68. The molecular formula is C11H26N2. The lowest BCUT2D eigenvalue weighted by molar-refractivity contribution is 0.336. The lowest BCUT2D eigenvalue weighted by atomic mass is 9.95. The average Bonchev–Trinajstić information content (AvgIpc) is 2.11. The van der Waals surface area contributed by atoms with Crippen molar-refractivity contribution in [2.75, 3.05) is 20.1 Å². The molecule has 2 nitrogen and oxygen atoms in total. The highest BCUT2D eigenvalue weighted by molar-refractivity contribution is 4.69. The van der Waals surface area contributed by atoms with Gasteiger partial charge in [-0.1, -0.05) is 20.8 Å². The van der Waals surface area contributed by atoms with Gasteiger partial charge in [0.05, 0.1) is 0 Å². The second-order valence-electron chi connectivity index (χ2n) is 4.28. The summed E-state index contributed by atoms with van der Waals surface area (Å²) in [5.74, 6) is 1.50. The zero-order valence-corrected chi connectivity index (χ0v) is 9.85. The smallest absolute Gasteiger partial charge is 0.00362 e. The van der Waals surface area contributed by atoms with Crippen LogP contribution in [0.25, 0.3) is 0 Å². The molecule has 0 rings (SSSR count). The van der Waals surface area contributed by atoms with Crippen LogP contribution in [0.1, 0.15) is 34.1 Å². The third-order valence-corrected chi connectivity index (χ3v) is 2.75. The van der Waals surface area contributed by atoms with Crippen molar-refractivity contribution in [3.63, 3.8) is 0 Å². The molecule has 0 aliphatic rings. The number of hydrogen-bond acceptors (Lipinski definition) is 2. The normalized spacial score (nSPS) is 16.2. The fraction of sp³-hybridized carbons (Fsp3) is 1.00. The fourth-order valence-electron chi connectivity index (χ4n) is 1.30. The lowest BCUT2D eigenvalue weighted by Gasteiger charge is -2.23. The molecular weight excluding hydrogens is 160 g/mol. The van der Waals surface area contributed by atoms with Crippen molar-refractivity contribution in [3.8, 4) is 0 Å². The first kappa shape index (κ1) is 12.9. The Hall–Kier alpha value is -0.0800. The first-order valence-corrected chi connectivity index (χ1v) is 5.49. The maximum atomic E-state index is 3.56. The second kappa shape index (κ2) is 7.34. The monoisotopic (exact) mass is 186 g/mol. The van der Waals surface area contributed by atoms with Crippen molar-refractivity contribution in [3.05, 3.63) is 0 Å². The van der Waals surface area contributed by atoms with Gasteiger partial charge in [0.1, 0.15) is 0 Å². The van der Waals surface area contributed by atoms with E-state index < -0.39 is 0 Å². The van der Waals surface area contributed by atoms with Crippen LogP contribution >= 0.6 is 0 Å². The van der Waals surface area contributed by atoms with Crippen LogP contribution in [0.3, 0.4) is 0 Å². The van der Waals surface area contributed by atoms with Gasteiger partial charge in [-0.2, -0.15) is 0 Å². The van der Waals surface area contributed by atoms with E-state index in [0.717, 1.165) is 24.9 Å². The van der Waals surface area contributed by atoms with Crippen LogP contribution in [0.15, 0.2) is 0 Å². The number of hydrogen-bond donors (Lipinski definition) is 2. The van der Waals surface area contributed by atoms with Crippen LogP contribution in [-0.4, -0.2) is 26.2 Å². The summed E-state index contributed by atoms with van der Waals surface area (Å²) < 4.78 is 0. The molecule has 2 N–H and O–H groups in total. The minimum atomic E-state index is 0.651. The van der Waals surface area contributed by atoms with Gasteiger partial charge in [0.2, 0.25) is 0 Å². The highest BCUT2D eigenvalue weighted by atomic mass is 14.9. The molecule has 0 aliphatic carbocycles. The van der Waals surface area contributed by atoms with Crippen LogP contribution in [0.4, 0.5) is 0 Å². The van der Waals surface area contributed by atoms with E-state index in [0.29, 0.717) is 6.04 Å². The van der Waals surface area contributed by atoms with Crippen LogP contribution in [0, 0.1) is 11.8 Å². The predicted molar refractivity (Wildman–Crippen MR) is 60.0 cm³/mol. The Kier molecular flexibility index (Phi) is 7.29. The summed E-state index contributed by atoms with van der Waals surface area (Å²) in [7, 11) is 2.03. The van der Waals surface area contributed by atoms with Gasteiger partial charge in [-0.25, -0.2) is 0 Å². The van der Waals surface area contributed by atoms with E-state index in [1.807, 2.05) is 7.05 Å². The summed E-state index contributed by atoms with van der Waals surface area (Å²) in [4.78, 5) is 0. The van der Waals surface area contributed by atoms with E-state index in [1.54, 1.807) is 0 Å². The summed E-state index contributed by atoms with van der Waals surface area (Å²) in [6.07, 6.45) is 1.21. The number of rotatable bonds is 7. The predicted octanol–water partition coefficient (Wildman–Crippen LogP) is 1.87. The Morgan fingerprint density at radius 3 is 2.08 bits per heavy atom. The van der Waals surface area contributed by atoms with Crippen molar-refractivity contribution in [2.24, 2.45) is 11.8 Å². The maximum absolute atomic E-state index is 3.56. The van der Waals surface area contributed by atoms with Gasteiger partial charge >= 0.3 is 0 Å². The van der Waals surface area contributed by atoms with Crippen molar-refractivity contribution in [2.45, 2.75) is 40.2 Å². The summed E-state index contributed by atoms with van der Waals surface area (Å²) >= 11 is 0. The molecule has 0 aromatic heterocycles. The molecule has 0 spiro atoms. The lowest BCUT2D eigenvalue weighted by Crippen LogP contribution is -2.36. The van der Waals surface area contributed by atoms with Gasteiger partial charge < -0.3 is 10.6 Å². The molecule has 0 aliphatic heterocycles. The molecule has 0 fully saturated rings. The molecule has 13 heavy (non-hydrogen) atoms. The van der Waals surface area contributed by atoms with Gasteiger partial charge in [-0.3, -0.25) is 0 Å².